The molecule has 2 heteroatoms. The molecule has 0 spiro atoms. The summed E-state index contributed by atoms with van der Waals surface area (Å²) in [4.78, 5) is 4.54. The van der Waals surface area contributed by atoms with Gasteiger partial charge in [-0.05, 0) is 67.3 Å². The van der Waals surface area contributed by atoms with Gasteiger partial charge in [-0.15, -0.1) is 0 Å². The molecule has 1 heterocycles. The lowest BCUT2D eigenvalue weighted by Gasteiger charge is -2.24. The van der Waals surface area contributed by atoms with Gasteiger partial charge in [-0.25, -0.2) is 0 Å². The molecule has 0 unspecified atom stereocenters. The molecule has 3 rings (SSSR count). The standard InChI is InChI=1S/C17H19NO/c1-12-8-15-10-14(4-7-17(15)18-11-12)9-13-2-5-16(19)6-3-13/h2-3,5-6,8,11,14,19H,4,7,9-10H2,1H3/t14-/m0/s1. The zero-order valence-electron chi connectivity index (χ0n) is 11.3. The Morgan fingerprint density at radius 3 is 2.84 bits per heavy atom. The van der Waals surface area contributed by atoms with Crippen LogP contribution in [0.3, 0.4) is 0 Å². The Bertz CT molecular complexity index is 574. The van der Waals surface area contributed by atoms with Crippen LogP contribution in [0.2, 0.25) is 0 Å². The molecular formula is C17H19NO. The van der Waals surface area contributed by atoms with E-state index in [0.717, 1.165) is 19.3 Å². The van der Waals surface area contributed by atoms with Crippen LogP contribution in [0, 0.1) is 12.8 Å². The largest absolute Gasteiger partial charge is 0.508 e. The molecule has 0 saturated heterocycles. The van der Waals surface area contributed by atoms with Crippen molar-refractivity contribution >= 4 is 0 Å². The second kappa shape index (κ2) is 5.04. The third-order valence-electron chi connectivity index (χ3n) is 3.96. The molecule has 2 nitrogen and oxygen atoms in total. The highest BCUT2D eigenvalue weighted by atomic mass is 16.3. The molecule has 1 atom stereocenters. The minimum Gasteiger partial charge on any atom is -0.508 e. The van der Waals surface area contributed by atoms with Gasteiger partial charge in [-0.2, -0.15) is 0 Å². The van der Waals surface area contributed by atoms with Crippen molar-refractivity contribution in [3.8, 4) is 5.75 Å². The summed E-state index contributed by atoms with van der Waals surface area (Å²) in [6.45, 7) is 2.11. The van der Waals surface area contributed by atoms with Gasteiger partial charge in [0, 0.05) is 11.9 Å². The van der Waals surface area contributed by atoms with Crippen molar-refractivity contribution in [3.05, 3.63) is 58.9 Å². The van der Waals surface area contributed by atoms with Crippen LogP contribution in [0.5, 0.6) is 5.75 Å². The van der Waals surface area contributed by atoms with E-state index in [1.165, 1.54) is 28.8 Å². The highest BCUT2D eigenvalue weighted by Gasteiger charge is 2.19. The Morgan fingerprint density at radius 1 is 1.26 bits per heavy atom. The van der Waals surface area contributed by atoms with E-state index in [0.29, 0.717) is 11.7 Å². The van der Waals surface area contributed by atoms with Crippen LogP contribution in [0.15, 0.2) is 36.5 Å². The first kappa shape index (κ1) is 12.2. The van der Waals surface area contributed by atoms with Crippen LogP contribution in [-0.2, 0) is 19.3 Å². The monoisotopic (exact) mass is 253 g/mol. The fourth-order valence-corrected chi connectivity index (χ4v) is 2.95. The van der Waals surface area contributed by atoms with Gasteiger partial charge in [-0.3, -0.25) is 4.98 Å². The average Bonchev–Trinajstić information content (AvgIpc) is 2.41. The summed E-state index contributed by atoms with van der Waals surface area (Å²) in [7, 11) is 0. The molecule has 0 aliphatic heterocycles. The highest BCUT2D eigenvalue weighted by Crippen LogP contribution is 2.27. The number of hydrogen-bond acceptors (Lipinski definition) is 2. The van der Waals surface area contributed by atoms with Crippen molar-refractivity contribution in [2.75, 3.05) is 0 Å². The molecule has 0 bridgehead atoms. The number of aromatic nitrogens is 1. The molecule has 1 N–H and O–H groups in total. The van der Waals surface area contributed by atoms with E-state index in [1.807, 2.05) is 18.3 Å². The van der Waals surface area contributed by atoms with Crippen LogP contribution < -0.4 is 0 Å². The number of phenolic OH excluding ortho intramolecular Hbond substituents is 1. The van der Waals surface area contributed by atoms with E-state index >= 15 is 0 Å². The predicted molar refractivity (Wildman–Crippen MR) is 76.3 cm³/mol. The van der Waals surface area contributed by atoms with E-state index in [4.69, 9.17) is 0 Å². The molecule has 0 radical (unpaired) electrons. The number of pyridine rings is 1. The maximum Gasteiger partial charge on any atom is 0.115 e. The first-order chi connectivity index (χ1) is 9.20. The molecule has 0 amide bonds. The fourth-order valence-electron chi connectivity index (χ4n) is 2.95. The van der Waals surface area contributed by atoms with E-state index in [9.17, 15) is 5.11 Å². The lowest BCUT2D eigenvalue weighted by Crippen LogP contribution is -2.17. The Balaban J connectivity index is 1.73. The van der Waals surface area contributed by atoms with E-state index in [-0.39, 0.29) is 0 Å². The fraction of sp³-hybridized carbons (Fsp3) is 0.353. The number of nitrogens with zero attached hydrogens (tertiary/aromatic N) is 1. The molecule has 1 aromatic heterocycles. The molecule has 1 aliphatic carbocycles. The SMILES string of the molecule is Cc1cnc2c(c1)C[C@H](Cc1ccc(O)cc1)CC2. The van der Waals surface area contributed by atoms with Gasteiger partial charge in [0.25, 0.3) is 0 Å². The molecule has 98 valence electrons. The summed E-state index contributed by atoms with van der Waals surface area (Å²) < 4.78 is 0. The van der Waals surface area contributed by atoms with Crippen molar-refractivity contribution in [2.45, 2.75) is 32.6 Å². The molecule has 1 aliphatic rings. The lowest BCUT2D eigenvalue weighted by molar-refractivity contribution is 0.449. The molecule has 0 saturated carbocycles. The summed E-state index contributed by atoms with van der Waals surface area (Å²) >= 11 is 0. The Labute approximate surface area is 114 Å². The van der Waals surface area contributed by atoms with E-state index in [1.54, 1.807) is 12.1 Å². The van der Waals surface area contributed by atoms with Crippen molar-refractivity contribution < 1.29 is 5.11 Å². The lowest BCUT2D eigenvalue weighted by atomic mass is 9.82. The van der Waals surface area contributed by atoms with E-state index in [2.05, 4.69) is 18.0 Å². The second-order valence-corrected chi connectivity index (χ2v) is 5.60. The van der Waals surface area contributed by atoms with Crippen molar-refractivity contribution in [2.24, 2.45) is 5.92 Å². The maximum atomic E-state index is 9.31. The summed E-state index contributed by atoms with van der Waals surface area (Å²) in [6.07, 6.45) is 6.50. The zero-order chi connectivity index (χ0) is 13.2. The number of fused-ring (bicyclic) bond motifs is 1. The van der Waals surface area contributed by atoms with Gasteiger partial charge in [0.1, 0.15) is 5.75 Å². The Hall–Kier alpha value is -1.83. The first-order valence-electron chi connectivity index (χ1n) is 6.93. The molecular weight excluding hydrogens is 234 g/mol. The van der Waals surface area contributed by atoms with E-state index < -0.39 is 0 Å². The highest BCUT2D eigenvalue weighted by molar-refractivity contribution is 5.29. The van der Waals surface area contributed by atoms with Gasteiger partial charge in [0.15, 0.2) is 0 Å². The number of hydrogen-bond donors (Lipinski definition) is 1. The summed E-state index contributed by atoms with van der Waals surface area (Å²) in [6, 6.07) is 9.89. The quantitative estimate of drug-likeness (QED) is 0.889. The number of phenols is 1. The van der Waals surface area contributed by atoms with Crippen molar-refractivity contribution in [1.29, 1.82) is 0 Å². The van der Waals surface area contributed by atoms with Gasteiger partial charge < -0.3 is 5.11 Å². The normalized spacial score (nSPS) is 18.1. The molecule has 1 aromatic carbocycles. The zero-order valence-corrected chi connectivity index (χ0v) is 11.3. The summed E-state index contributed by atoms with van der Waals surface area (Å²) in [5, 5.41) is 9.31. The van der Waals surface area contributed by atoms with Gasteiger partial charge in [-0.1, -0.05) is 18.2 Å². The van der Waals surface area contributed by atoms with Gasteiger partial charge in [0.05, 0.1) is 0 Å². The maximum absolute atomic E-state index is 9.31. The first-order valence-corrected chi connectivity index (χ1v) is 6.93. The van der Waals surface area contributed by atoms with Gasteiger partial charge >= 0.3 is 0 Å². The third kappa shape index (κ3) is 2.78. The second-order valence-electron chi connectivity index (χ2n) is 5.60. The topological polar surface area (TPSA) is 33.1 Å². The molecule has 2 aromatic rings. The number of benzene rings is 1. The minimum atomic E-state index is 0.345. The van der Waals surface area contributed by atoms with Crippen LogP contribution >= 0.6 is 0 Å². The van der Waals surface area contributed by atoms with Crippen molar-refractivity contribution in [3.63, 3.8) is 0 Å². The van der Waals surface area contributed by atoms with Gasteiger partial charge in [0.2, 0.25) is 0 Å². The average molecular weight is 253 g/mol. The Kier molecular flexibility index (Phi) is 3.24. The minimum absolute atomic E-state index is 0.345. The van der Waals surface area contributed by atoms with Crippen molar-refractivity contribution in [1.82, 2.24) is 4.98 Å². The summed E-state index contributed by atoms with van der Waals surface area (Å²) in [5.41, 5.74) is 5.28. The smallest absolute Gasteiger partial charge is 0.115 e. The number of aryl methyl sites for hydroxylation is 2. The summed E-state index contributed by atoms with van der Waals surface area (Å²) in [5.74, 6) is 1.04. The number of aromatic hydroxyl groups is 1. The Morgan fingerprint density at radius 2 is 2.05 bits per heavy atom. The van der Waals surface area contributed by atoms with Crippen LogP contribution in [0.4, 0.5) is 0 Å². The van der Waals surface area contributed by atoms with Crippen LogP contribution in [0.1, 0.15) is 28.8 Å². The predicted octanol–water partition coefficient (Wildman–Crippen LogP) is 3.44. The molecule has 19 heavy (non-hydrogen) atoms. The van der Waals surface area contributed by atoms with Crippen LogP contribution in [0.25, 0.3) is 0 Å². The van der Waals surface area contributed by atoms with Crippen LogP contribution in [-0.4, -0.2) is 10.1 Å². The number of rotatable bonds is 2. The third-order valence-corrected chi connectivity index (χ3v) is 3.96. The molecule has 0 fully saturated rings.